The van der Waals surface area contributed by atoms with Crippen molar-refractivity contribution in [2.24, 2.45) is 5.10 Å². The fourth-order valence-corrected chi connectivity index (χ4v) is 2.06. The van der Waals surface area contributed by atoms with Crippen LogP contribution in [0.25, 0.3) is 0 Å². The molecule has 0 unspecified atom stereocenters. The van der Waals surface area contributed by atoms with Gasteiger partial charge < -0.3 is 10.2 Å². The van der Waals surface area contributed by atoms with Crippen molar-refractivity contribution in [3.8, 4) is 11.5 Å². The summed E-state index contributed by atoms with van der Waals surface area (Å²) in [6.45, 7) is 0. The van der Waals surface area contributed by atoms with Gasteiger partial charge in [0.15, 0.2) is 11.5 Å². The molecule has 1 amide bonds. The third kappa shape index (κ3) is 4.81. The quantitative estimate of drug-likeness (QED) is 0.338. The Kier molecular flexibility index (Phi) is 5.16. The molecule has 1 aromatic carbocycles. The molecule has 0 aliphatic heterocycles. The van der Waals surface area contributed by atoms with Gasteiger partial charge in [-0.25, -0.2) is 10.4 Å². The number of carbonyl (C=O) groups is 1. The van der Waals surface area contributed by atoms with Gasteiger partial charge >= 0.3 is 0 Å². The number of hydrazone groups is 1. The number of rotatable bonds is 5. The van der Waals surface area contributed by atoms with Crippen LogP contribution in [-0.2, 0) is 4.79 Å². The van der Waals surface area contributed by atoms with Crippen molar-refractivity contribution in [1.29, 1.82) is 0 Å². The summed E-state index contributed by atoms with van der Waals surface area (Å²) in [7, 11) is 0. The molecule has 6 nitrogen and oxygen atoms in total. The molecule has 21 heavy (non-hydrogen) atoms. The van der Waals surface area contributed by atoms with Crippen molar-refractivity contribution in [3.63, 3.8) is 0 Å². The van der Waals surface area contributed by atoms with Gasteiger partial charge in [-0.1, -0.05) is 17.8 Å². The average Bonchev–Trinajstić information content (AvgIpc) is 2.50. The minimum Gasteiger partial charge on any atom is -0.504 e. The fourth-order valence-electron chi connectivity index (χ4n) is 1.40. The van der Waals surface area contributed by atoms with Gasteiger partial charge in [0.2, 0.25) is 5.91 Å². The molecule has 0 aliphatic rings. The summed E-state index contributed by atoms with van der Waals surface area (Å²) < 4.78 is 0. The predicted molar refractivity (Wildman–Crippen MR) is 80.5 cm³/mol. The Hall–Kier alpha value is -2.54. The van der Waals surface area contributed by atoms with Gasteiger partial charge in [-0.2, -0.15) is 5.10 Å². The van der Waals surface area contributed by atoms with Crippen LogP contribution in [0.4, 0.5) is 0 Å². The van der Waals surface area contributed by atoms with Crippen LogP contribution in [0.5, 0.6) is 11.5 Å². The molecule has 0 radical (unpaired) electrons. The summed E-state index contributed by atoms with van der Waals surface area (Å²) in [5.41, 5.74) is 2.93. The van der Waals surface area contributed by atoms with E-state index in [2.05, 4.69) is 15.5 Å². The van der Waals surface area contributed by atoms with E-state index in [1.807, 2.05) is 18.2 Å². The topological polar surface area (TPSA) is 94.8 Å². The van der Waals surface area contributed by atoms with E-state index in [0.29, 0.717) is 5.56 Å². The number of thioether (sulfide) groups is 1. The maximum absolute atomic E-state index is 11.6. The molecule has 0 aliphatic carbocycles. The molecule has 0 atom stereocenters. The average molecular weight is 303 g/mol. The number of phenolic OH excluding ortho intramolecular Hbond substituents is 2. The van der Waals surface area contributed by atoms with E-state index in [4.69, 9.17) is 5.11 Å². The van der Waals surface area contributed by atoms with Crippen LogP contribution in [0.15, 0.2) is 52.7 Å². The first-order valence-corrected chi connectivity index (χ1v) is 7.01. The molecule has 2 rings (SSSR count). The number of amides is 1. The summed E-state index contributed by atoms with van der Waals surface area (Å²) in [6.07, 6.45) is 3.04. The monoisotopic (exact) mass is 303 g/mol. The van der Waals surface area contributed by atoms with Gasteiger partial charge in [-0.05, 0) is 35.9 Å². The SMILES string of the molecule is O=C(CSc1ccccn1)NN=Cc1ccc(O)c(O)c1. The summed E-state index contributed by atoms with van der Waals surface area (Å²) in [5.74, 6) is -0.501. The largest absolute Gasteiger partial charge is 0.504 e. The molecule has 0 saturated carbocycles. The smallest absolute Gasteiger partial charge is 0.250 e. The summed E-state index contributed by atoms with van der Waals surface area (Å²) in [5, 5.41) is 23.0. The zero-order valence-electron chi connectivity index (χ0n) is 10.9. The molecule has 108 valence electrons. The number of pyridine rings is 1. The molecular weight excluding hydrogens is 290 g/mol. The van der Waals surface area contributed by atoms with Crippen LogP contribution in [0.2, 0.25) is 0 Å². The van der Waals surface area contributed by atoms with Crippen LogP contribution in [0, 0.1) is 0 Å². The van der Waals surface area contributed by atoms with Gasteiger partial charge in [0.05, 0.1) is 17.0 Å². The number of benzene rings is 1. The lowest BCUT2D eigenvalue weighted by Gasteiger charge is -2.00. The number of nitrogens with zero attached hydrogens (tertiary/aromatic N) is 2. The molecule has 1 aromatic heterocycles. The van der Waals surface area contributed by atoms with Gasteiger partial charge in [-0.3, -0.25) is 4.79 Å². The molecular formula is C14H13N3O3S. The Labute approximate surface area is 125 Å². The van der Waals surface area contributed by atoms with Crippen LogP contribution in [-0.4, -0.2) is 33.1 Å². The summed E-state index contributed by atoms with van der Waals surface area (Å²) >= 11 is 1.31. The number of aromatic nitrogens is 1. The van der Waals surface area contributed by atoms with Gasteiger partial charge in [0.1, 0.15) is 0 Å². The number of aromatic hydroxyl groups is 2. The summed E-state index contributed by atoms with van der Waals surface area (Å²) in [4.78, 5) is 15.7. The second-order valence-corrected chi connectivity index (χ2v) is 4.99. The molecule has 7 heteroatoms. The van der Waals surface area contributed by atoms with Gasteiger partial charge in [-0.15, -0.1) is 0 Å². The van der Waals surface area contributed by atoms with Crippen LogP contribution >= 0.6 is 11.8 Å². The number of hydrogen-bond donors (Lipinski definition) is 3. The van der Waals surface area contributed by atoms with E-state index >= 15 is 0 Å². The van der Waals surface area contributed by atoms with Crippen molar-refractivity contribution in [2.75, 3.05) is 5.75 Å². The Morgan fingerprint density at radius 1 is 1.29 bits per heavy atom. The Balaban J connectivity index is 1.80. The maximum Gasteiger partial charge on any atom is 0.250 e. The number of hydrogen-bond acceptors (Lipinski definition) is 6. The second kappa shape index (κ2) is 7.30. The molecule has 2 aromatic rings. The number of phenols is 2. The number of carbonyl (C=O) groups excluding carboxylic acids is 1. The van der Waals surface area contributed by atoms with E-state index in [0.717, 1.165) is 5.03 Å². The maximum atomic E-state index is 11.6. The normalized spacial score (nSPS) is 10.7. The zero-order valence-corrected chi connectivity index (χ0v) is 11.7. The molecule has 3 N–H and O–H groups in total. The third-order valence-electron chi connectivity index (χ3n) is 2.39. The van der Waals surface area contributed by atoms with E-state index < -0.39 is 0 Å². The van der Waals surface area contributed by atoms with E-state index in [-0.39, 0.29) is 23.2 Å². The van der Waals surface area contributed by atoms with Crippen molar-refractivity contribution >= 4 is 23.9 Å². The van der Waals surface area contributed by atoms with Gasteiger partial charge in [0, 0.05) is 6.20 Å². The zero-order chi connectivity index (χ0) is 15.1. The van der Waals surface area contributed by atoms with Crippen LogP contribution in [0.3, 0.4) is 0 Å². The first-order chi connectivity index (χ1) is 10.1. The first-order valence-electron chi connectivity index (χ1n) is 6.03. The van der Waals surface area contributed by atoms with Crippen LogP contribution < -0.4 is 5.43 Å². The van der Waals surface area contributed by atoms with E-state index in [1.165, 1.54) is 30.1 Å². The lowest BCUT2D eigenvalue weighted by molar-refractivity contribution is -0.118. The molecule has 1 heterocycles. The van der Waals surface area contributed by atoms with E-state index in [1.54, 1.807) is 12.3 Å². The minimum absolute atomic E-state index is 0.204. The van der Waals surface area contributed by atoms with Crippen molar-refractivity contribution in [3.05, 3.63) is 48.2 Å². The first kappa shape index (κ1) is 14.9. The highest BCUT2D eigenvalue weighted by Crippen LogP contribution is 2.23. The van der Waals surface area contributed by atoms with Crippen molar-refractivity contribution in [1.82, 2.24) is 10.4 Å². The molecule has 0 saturated heterocycles. The van der Waals surface area contributed by atoms with Crippen LogP contribution in [0.1, 0.15) is 5.56 Å². The van der Waals surface area contributed by atoms with E-state index in [9.17, 15) is 9.90 Å². The highest BCUT2D eigenvalue weighted by molar-refractivity contribution is 7.99. The highest BCUT2D eigenvalue weighted by Gasteiger charge is 2.02. The van der Waals surface area contributed by atoms with Crippen molar-refractivity contribution < 1.29 is 15.0 Å². The van der Waals surface area contributed by atoms with Gasteiger partial charge in [0.25, 0.3) is 0 Å². The standard InChI is InChI=1S/C14H13N3O3S/c18-11-5-4-10(7-12(11)19)8-16-17-13(20)9-21-14-3-1-2-6-15-14/h1-8,18-19H,9H2,(H,17,20). The Bertz CT molecular complexity index is 647. The number of nitrogens with one attached hydrogen (secondary N) is 1. The Morgan fingerprint density at radius 3 is 2.86 bits per heavy atom. The Morgan fingerprint density at radius 2 is 2.14 bits per heavy atom. The molecule has 0 spiro atoms. The minimum atomic E-state index is -0.259. The van der Waals surface area contributed by atoms with Crippen molar-refractivity contribution in [2.45, 2.75) is 5.03 Å². The predicted octanol–water partition coefficient (Wildman–Crippen LogP) is 1.74. The fraction of sp³-hybridized carbons (Fsp3) is 0.0714. The lowest BCUT2D eigenvalue weighted by Crippen LogP contribution is -2.19. The third-order valence-corrected chi connectivity index (χ3v) is 3.34. The lowest BCUT2D eigenvalue weighted by atomic mass is 10.2. The molecule has 0 fully saturated rings. The molecule has 0 bridgehead atoms. The highest BCUT2D eigenvalue weighted by atomic mass is 32.2. The summed E-state index contributed by atoms with van der Waals surface area (Å²) in [6, 6.07) is 9.72. The second-order valence-electron chi connectivity index (χ2n) is 4.00.